The highest BCUT2D eigenvalue weighted by molar-refractivity contribution is 7.23. The van der Waals surface area contributed by atoms with Crippen molar-refractivity contribution in [3.63, 3.8) is 0 Å². The zero-order chi connectivity index (χ0) is 42.5. The number of alkyl halides is 4. The van der Waals surface area contributed by atoms with Crippen molar-refractivity contribution in [2.45, 2.75) is 69.9 Å². The van der Waals surface area contributed by atoms with Crippen molar-refractivity contribution >= 4 is 49.0 Å². The number of pyridine rings is 1. The quantitative estimate of drug-likeness (QED) is 0.110. The Bertz CT molecular complexity index is 2470. The lowest BCUT2D eigenvalue weighted by Gasteiger charge is -2.34. The molecule has 318 valence electrons. The van der Waals surface area contributed by atoms with Crippen LogP contribution in [0.25, 0.3) is 32.1 Å². The third-order valence-electron chi connectivity index (χ3n) is 12.2. The van der Waals surface area contributed by atoms with Gasteiger partial charge in [0, 0.05) is 42.7 Å². The summed E-state index contributed by atoms with van der Waals surface area (Å²) >= 11 is 0.830. The predicted molar refractivity (Wildman–Crippen MR) is 219 cm³/mol. The maximum absolute atomic E-state index is 17.8. The Morgan fingerprint density at radius 2 is 1.97 bits per heavy atom. The zero-order valence-electron chi connectivity index (χ0n) is 33.4. The summed E-state index contributed by atoms with van der Waals surface area (Å²) in [5.74, 6) is -2.75. The lowest BCUT2D eigenvalue weighted by atomic mass is 9.91. The summed E-state index contributed by atoms with van der Waals surface area (Å²) in [6.07, 6.45) is -1.95. The number of rotatable bonds is 13. The molecule has 0 aliphatic carbocycles. The maximum atomic E-state index is 17.8. The molecule has 3 atom stereocenters. The fourth-order valence-electron chi connectivity index (χ4n) is 9.41. The van der Waals surface area contributed by atoms with Crippen LogP contribution < -0.4 is 25.4 Å². The Kier molecular flexibility index (Phi) is 11.4. The third kappa shape index (κ3) is 7.17. The minimum Gasteiger partial charge on any atom is -0.490 e. The molecular weight excluding hydrogens is 809 g/mol. The molecular formula is C42H45F6N9O2S. The monoisotopic (exact) mass is 853 g/mol. The fraction of sp³-hybridized carbons (Fsp3) is 0.476. The van der Waals surface area contributed by atoms with E-state index in [0.29, 0.717) is 31.4 Å². The number of anilines is 3. The number of nitrogen functional groups attached to an aromatic ring is 1. The Balaban J connectivity index is 1.40. The molecule has 8 rings (SSSR count). The first-order chi connectivity index (χ1) is 28.8. The van der Waals surface area contributed by atoms with Crippen LogP contribution in [0.15, 0.2) is 30.5 Å². The van der Waals surface area contributed by atoms with E-state index >= 15 is 22.0 Å². The zero-order valence-corrected chi connectivity index (χ0v) is 34.3. The number of fused-ring (bicyclic) bond motifs is 2. The molecule has 3 aliphatic heterocycles. The fourth-order valence-corrected chi connectivity index (χ4v) is 10.4. The minimum absolute atomic E-state index is 0.00453. The normalized spacial score (nSPS) is 19.8. The molecule has 0 unspecified atom stereocenters. The van der Waals surface area contributed by atoms with Gasteiger partial charge >= 0.3 is 12.2 Å². The van der Waals surface area contributed by atoms with Crippen LogP contribution in [0.4, 0.5) is 43.0 Å². The highest BCUT2D eigenvalue weighted by Gasteiger charge is 2.50. The van der Waals surface area contributed by atoms with Gasteiger partial charge in [-0.3, -0.25) is 4.90 Å². The number of nitrogens with zero attached hydrogens (tertiary/aromatic N) is 7. The van der Waals surface area contributed by atoms with E-state index in [-0.39, 0.29) is 82.0 Å². The maximum Gasteiger partial charge on any atom is 0.420 e. The number of thiophene rings is 1. The van der Waals surface area contributed by atoms with Crippen LogP contribution in [0.5, 0.6) is 11.8 Å². The molecule has 60 heavy (non-hydrogen) atoms. The molecule has 3 aromatic heterocycles. The second-order valence-electron chi connectivity index (χ2n) is 15.5. The van der Waals surface area contributed by atoms with E-state index < -0.39 is 58.0 Å². The van der Waals surface area contributed by atoms with E-state index in [4.69, 9.17) is 20.2 Å². The third-order valence-corrected chi connectivity index (χ3v) is 13.4. The molecule has 11 nitrogen and oxygen atoms in total. The van der Waals surface area contributed by atoms with Crippen LogP contribution >= 0.6 is 11.3 Å². The Hall–Kier alpha value is -5.12. The molecule has 0 bridgehead atoms. The molecule has 0 amide bonds. The van der Waals surface area contributed by atoms with Gasteiger partial charge in [0.05, 0.1) is 33.8 Å². The average molecular weight is 854 g/mol. The van der Waals surface area contributed by atoms with Gasteiger partial charge in [-0.05, 0) is 69.6 Å². The molecule has 2 aromatic carbocycles. The molecule has 5 aromatic rings. The molecule has 3 aliphatic rings. The average Bonchev–Trinajstić information content (AvgIpc) is 3.85. The number of nitriles is 1. The number of ether oxygens (including phenoxy) is 2. The van der Waals surface area contributed by atoms with Gasteiger partial charge in [-0.2, -0.15) is 28.4 Å². The summed E-state index contributed by atoms with van der Waals surface area (Å²) in [4.78, 5) is 19.6. The van der Waals surface area contributed by atoms with E-state index in [0.717, 1.165) is 49.5 Å². The standard InChI is InChI=1S/C42H45F6N9O2S/c1-4-55(5-2)15-7-10-28(24-9-6-14-52-37(24)50)57-17-18-58-35-31-34(53-40(54-38(31)57)59-22-41-13-8-16-56(41)21-23(43)19-41)33(45)30(32(35)42(46,47)48)25-11-12-27(44)36-29(25)26(20-49)39(51-3)60-36/h6,9,11-12,14,23,28,51H,4-5,7-8,10,13,15-19,21-22H2,1-3H3,(H2,50,52)/t23-,28-,41+/m1/s1. The van der Waals surface area contributed by atoms with Crippen molar-refractivity contribution in [1.29, 1.82) is 5.26 Å². The lowest BCUT2D eigenvalue weighted by Crippen LogP contribution is -2.43. The van der Waals surface area contributed by atoms with Gasteiger partial charge in [0.1, 0.15) is 64.7 Å². The van der Waals surface area contributed by atoms with Crippen LogP contribution in [0, 0.1) is 23.0 Å². The van der Waals surface area contributed by atoms with E-state index in [9.17, 15) is 9.65 Å². The van der Waals surface area contributed by atoms with Crippen LogP contribution in [0.1, 0.15) is 68.7 Å². The molecule has 6 heterocycles. The lowest BCUT2D eigenvalue weighted by molar-refractivity contribution is -0.138. The van der Waals surface area contributed by atoms with Gasteiger partial charge in [-0.1, -0.05) is 26.0 Å². The number of hydrogen-bond donors (Lipinski definition) is 2. The molecule has 0 saturated carbocycles. The van der Waals surface area contributed by atoms with E-state index in [1.54, 1.807) is 23.2 Å². The van der Waals surface area contributed by atoms with Gasteiger partial charge in [0.15, 0.2) is 5.82 Å². The number of halogens is 6. The number of hydrogen-bond acceptors (Lipinski definition) is 12. The molecule has 18 heteroatoms. The molecule has 2 saturated heterocycles. The molecule has 0 spiro atoms. The summed E-state index contributed by atoms with van der Waals surface area (Å²) < 4.78 is 108. The van der Waals surface area contributed by atoms with Crippen molar-refractivity contribution in [2.24, 2.45) is 0 Å². The summed E-state index contributed by atoms with van der Waals surface area (Å²) in [5, 5.41) is 12.7. The first kappa shape index (κ1) is 41.6. The highest BCUT2D eigenvalue weighted by atomic mass is 32.1. The predicted octanol–water partition coefficient (Wildman–Crippen LogP) is 8.72. The highest BCUT2D eigenvalue weighted by Crippen LogP contribution is 2.54. The first-order valence-corrected chi connectivity index (χ1v) is 21.0. The SMILES string of the molecule is CCN(CC)CCC[C@H](c1cccnc1N)N1CCOc2c(C(F)(F)F)c(-c3ccc(F)c4sc(NC)c(C#N)c34)c(F)c3nc(OC[C@@]45CCCN4C[C@H](F)C5)nc1c23. The smallest absolute Gasteiger partial charge is 0.420 e. The van der Waals surface area contributed by atoms with Crippen molar-refractivity contribution in [1.82, 2.24) is 24.8 Å². The first-order valence-electron chi connectivity index (χ1n) is 20.2. The number of benzene rings is 2. The van der Waals surface area contributed by atoms with E-state index in [1.165, 1.54) is 7.05 Å². The summed E-state index contributed by atoms with van der Waals surface area (Å²) in [7, 11) is 1.49. The number of nitrogens with one attached hydrogen (secondary N) is 1. The Morgan fingerprint density at radius 1 is 1.17 bits per heavy atom. The summed E-state index contributed by atoms with van der Waals surface area (Å²) in [6, 6.07) is 6.54. The van der Waals surface area contributed by atoms with Crippen molar-refractivity contribution in [3.8, 4) is 29.0 Å². The van der Waals surface area contributed by atoms with Crippen LogP contribution in [-0.2, 0) is 6.18 Å². The minimum atomic E-state index is -5.23. The second kappa shape index (κ2) is 16.4. The molecule has 3 N–H and O–H groups in total. The Labute approximate surface area is 347 Å². The second-order valence-corrected chi connectivity index (χ2v) is 16.5. The van der Waals surface area contributed by atoms with Crippen LogP contribution in [0.2, 0.25) is 0 Å². The number of aromatic nitrogens is 3. The molecule has 2 fully saturated rings. The van der Waals surface area contributed by atoms with Gasteiger partial charge in [-0.15, -0.1) is 11.3 Å². The van der Waals surface area contributed by atoms with Crippen molar-refractivity contribution in [2.75, 3.05) is 75.5 Å². The van der Waals surface area contributed by atoms with Gasteiger partial charge in [-0.25, -0.2) is 18.2 Å². The Morgan fingerprint density at radius 3 is 2.68 bits per heavy atom. The van der Waals surface area contributed by atoms with Crippen LogP contribution in [0.3, 0.4) is 0 Å². The van der Waals surface area contributed by atoms with Crippen molar-refractivity contribution < 1.29 is 35.8 Å². The van der Waals surface area contributed by atoms with Gasteiger partial charge in [0.25, 0.3) is 0 Å². The van der Waals surface area contributed by atoms with Gasteiger partial charge in [0.2, 0.25) is 0 Å². The van der Waals surface area contributed by atoms with Gasteiger partial charge < -0.3 is 30.3 Å². The molecule has 0 radical (unpaired) electrons. The topological polar surface area (TPSA) is 129 Å². The van der Waals surface area contributed by atoms with Crippen molar-refractivity contribution in [3.05, 3.63) is 58.8 Å². The van der Waals surface area contributed by atoms with Crippen LogP contribution in [-0.4, -0.2) is 96.0 Å². The summed E-state index contributed by atoms with van der Waals surface area (Å²) in [6.45, 7) is 7.06. The van der Waals surface area contributed by atoms with E-state index in [2.05, 4.69) is 34.0 Å². The largest absolute Gasteiger partial charge is 0.490 e. The number of nitrogens with two attached hydrogens (primary N) is 1. The summed E-state index contributed by atoms with van der Waals surface area (Å²) in [5.41, 5.74) is 2.98. The van der Waals surface area contributed by atoms with E-state index in [1.807, 2.05) is 11.0 Å².